The Bertz CT molecular complexity index is 543. The zero-order valence-corrected chi connectivity index (χ0v) is 9.05. The summed E-state index contributed by atoms with van der Waals surface area (Å²) in [4.78, 5) is 15.5. The Morgan fingerprint density at radius 1 is 1.31 bits per heavy atom. The molecule has 0 radical (unpaired) electrons. The second-order valence-corrected chi connectivity index (χ2v) is 3.62. The van der Waals surface area contributed by atoms with Gasteiger partial charge in [-0.25, -0.2) is 0 Å². The van der Waals surface area contributed by atoms with E-state index in [9.17, 15) is 4.79 Å². The van der Waals surface area contributed by atoms with Crippen molar-refractivity contribution < 1.29 is 0 Å². The van der Waals surface area contributed by atoms with Crippen LogP contribution in [0.2, 0.25) is 0 Å². The third-order valence-electron chi connectivity index (χ3n) is 2.44. The maximum Gasteiger partial charge on any atom is 0.250 e. The van der Waals surface area contributed by atoms with E-state index < -0.39 is 0 Å². The van der Waals surface area contributed by atoms with Gasteiger partial charge in [-0.2, -0.15) is 0 Å². The second kappa shape index (κ2) is 4.28. The molecule has 0 aromatic carbocycles. The van der Waals surface area contributed by atoms with E-state index >= 15 is 0 Å². The summed E-state index contributed by atoms with van der Waals surface area (Å²) in [6.45, 7) is 0.487. The zero-order valence-electron chi connectivity index (χ0n) is 9.05. The van der Waals surface area contributed by atoms with Crippen molar-refractivity contribution in [1.29, 1.82) is 0 Å². The normalized spacial score (nSPS) is 10.4. The van der Waals surface area contributed by atoms with Gasteiger partial charge in [0.05, 0.1) is 5.69 Å². The number of pyridine rings is 2. The van der Waals surface area contributed by atoms with Gasteiger partial charge in [-0.1, -0.05) is 6.07 Å². The van der Waals surface area contributed by atoms with E-state index in [-0.39, 0.29) is 5.56 Å². The van der Waals surface area contributed by atoms with Crippen LogP contribution in [0.15, 0.2) is 41.5 Å². The maximum absolute atomic E-state index is 11.2. The van der Waals surface area contributed by atoms with Crippen LogP contribution in [0.1, 0.15) is 5.56 Å². The van der Waals surface area contributed by atoms with Crippen molar-refractivity contribution in [3.63, 3.8) is 0 Å². The Morgan fingerprint density at radius 2 is 2.12 bits per heavy atom. The van der Waals surface area contributed by atoms with E-state index in [4.69, 9.17) is 5.73 Å². The SMILES string of the molecule is Cn1cc(-c2ccc(CN)cn2)ccc1=O. The van der Waals surface area contributed by atoms with Crippen molar-refractivity contribution in [2.45, 2.75) is 6.54 Å². The molecule has 4 heteroatoms. The van der Waals surface area contributed by atoms with Gasteiger partial charge in [-0.15, -0.1) is 0 Å². The van der Waals surface area contributed by atoms with Crippen LogP contribution in [-0.4, -0.2) is 9.55 Å². The van der Waals surface area contributed by atoms with Crippen molar-refractivity contribution in [2.75, 3.05) is 0 Å². The van der Waals surface area contributed by atoms with Crippen LogP contribution in [0.25, 0.3) is 11.3 Å². The number of nitrogens with zero attached hydrogens (tertiary/aromatic N) is 2. The highest BCUT2D eigenvalue weighted by atomic mass is 16.1. The van der Waals surface area contributed by atoms with E-state index in [1.54, 1.807) is 25.5 Å². The van der Waals surface area contributed by atoms with Gasteiger partial charge in [0.2, 0.25) is 5.56 Å². The van der Waals surface area contributed by atoms with E-state index in [0.29, 0.717) is 6.54 Å². The van der Waals surface area contributed by atoms with Gasteiger partial charge in [-0.3, -0.25) is 9.78 Å². The predicted octanol–water partition coefficient (Wildman–Crippen LogP) is 0.906. The molecule has 2 aromatic rings. The smallest absolute Gasteiger partial charge is 0.250 e. The lowest BCUT2D eigenvalue weighted by atomic mass is 10.1. The molecule has 0 atom stereocenters. The van der Waals surface area contributed by atoms with Crippen molar-refractivity contribution >= 4 is 0 Å². The minimum atomic E-state index is -0.0256. The largest absolute Gasteiger partial charge is 0.326 e. The third kappa shape index (κ3) is 2.01. The lowest BCUT2D eigenvalue weighted by Gasteiger charge is -2.03. The minimum absolute atomic E-state index is 0.0256. The molecular formula is C12H13N3O. The number of nitrogens with two attached hydrogens (primary N) is 1. The molecule has 16 heavy (non-hydrogen) atoms. The average Bonchev–Trinajstić information content (AvgIpc) is 2.33. The van der Waals surface area contributed by atoms with Crippen LogP contribution < -0.4 is 11.3 Å². The van der Waals surface area contributed by atoms with Crippen molar-refractivity contribution in [3.8, 4) is 11.3 Å². The van der Waals surface area contributed by atoms with Gasteiger partial charge >= 0.3 is 0 Å². The van der Waals surface area contributed by atoms with Crippen LogP contribution in [0, 0.1) is 0 Å². The number of rotatable bonds is 2. The van der Waals surface area contributed by atoms with Gasteiger partial charge in [0.25, 0.3) is 0 Å². The summed E-state index contributed by atoms with van der Waals surface area (Å²) < 4.78 is 1.54. The lowest BCUT2D eigenvalue weighted by Crippen LogP contribution is -2.14. The van der Waals surface area contributed by atoms with Crippen molar-refractivity contribution in [2.24, 2.45) is 12.8 Å². The minimum Gasteiger partial charge on any atom is -0.326 e. The fraction of sp³-hybridized carbons (Fsp3) is 0.167. The number of aromatic nitrogens is 2. The van der Waals surface area contributed by atoms with E-state index in [2.05, 4.69) is 4.98 Å². The molecule has 0 amide bonds. The van der Waals surface area contributed by atoms with Gasteiger partial charge in [0.1, 0.15) is 0 Å². The van der Waals surface area contributed by atoms with Crippen LogP contribution in [0.3, 0.4) is 0 Å². The number of hydrogen-bond donors (Lipinski definition) is 1. The van der Waals surface area contributed by atoms with Crippen molar-refractivity contribution in [3.05, 3.63) is 52.6 Å². The quantitative estimate of drug-likeness (QED) is 0.809. The molecule has 2 rings (SSSR count). The first-order chi connectivity index (χ1) is 7.70. The van der Waals surface area contributed by atoms with Crippen molar-refractivity contribution in [1.82, 2.24) is 9.55 Å². The summed E-state index contributed by atoms with van der Waals surface area (Å²) in [5.41, 5.74) is 8.23. The molecule has 0 saturated carbocycles. The molecule has 0 bridgehead atoms. The Balaban J connectivity index is 2.42. The van der Waals surface area contributed by atoms with E-state index in [1.807, 2.05) is 12.1 Å². The summed E-state index contributed by atoms with van der Waals surface area (Å²) in [7, 11) is 1.72. The highest BCUT2D eigenvalue weighted by molar-refractivity contribution is 5.57. The fourth-order valence-electron chi connectivity index (χ4n) is 1.46. The molecule has 0 fully saturated rings. The van der Waals surface area contributed by atoms with Crippen LogP contribution in [0.5, 0.6) is 0 Å². The Labute approximate surface area is 93.4 Å². The summed E-state index contributed by atoms with van der Waals surface area (Å²) in [6, 6.07) is 7.15. The Morgan fingerprint density at radius 3 is 2.69 bits per heavy atom. The number of hydrogen-bond acceptors (Lipinski definition) is 3. The van der Waals surface area contributed by atoms with Crippen LogP contribution in [0.4, 0.5) is 0 Å². The monoisotopic (exact) mass is 215 g/mol. The molecule has 0 aliphatic rings. The summed E-state index contributed by atoms with van der Waals surface area (Å²) in [5.74, 6) is 0. The predicted molar refractivity (Wildman–Crippen MR) is 62.8 cm³/mol. The Hall–Kier alpha value is -1.94. The average molecular weight is 215 g/mol. The maximum atomic E-state index is 11.2. The molecule has 0 saturated heterocycles. The number of aryl methyl sites for hydroxylation is 1. The lowest BCUT2D eigenvalue weighted by molar-refractivity contribution is 0.861. The first kappa shape index (κ1) is 10.6. The highest BCUT2D eigenvalue weighted by Crippen LogP contribution is 2.14. The van der Waals surface area contributed by atoms with Crippen LogP contribution >= 0.6 is 0 Å². The van der Waals surface area contributed by atoms with E-state index in [1.165, 1.54) is 10.6 Å². The fourth-order valence-corrected chi connectivity index (χ4v) is 1.46. The van der Waals surface area contributed by atoms with Gasteiger partial charge in [0.15, 0.2) is 0 Å². The van der Waals surface area contributed by atoms with Gasteiger partial charge in [0, 0.05) is 37.6 Å². The van der Waals surface area contributed by atoms with E-state index in [0.717, 1.165) is 16.8 Å². The molecule has 82 valence electrons. The van der Waals surface area contributed by atoms with Gasteiger partial charge < -0.3 is 10.3 Å². The first-order valence-electron chi connectivity index (χ1n) is 5.03. The molecule has 0 aliphatic heterocycles. The molecule has 4 nitrogen and oxygen atoms in total. The second-order valence-electron chi connectivity index (χ2n) is 3.62. The summed E-state index contributed by atoms with van der Waals surface area (Å²) in [5, 5.41) is 0. The molecule has 0 unspecified atom stereocenters. The topological polar surface area (TPSA) is 60.9 Å². The molecule has 0 aliphatic carbocycles. The summed E-state index contributed by atoms with van der Waals surface area (Å²) >= 11 is 0. The van der Waals surface area contributed by atoms with Gasteiger partial charge in [-0.05, 0) is 17.7 Å². The molecule has 2 heterocycles. The zero-order chi connectivity index (χ0) is 11.5. The summed E-state index contributed by atoms with van der Waals surface area (Å²) in [6.07, 6.45) is 3.52. The first-order valence-corrected chi connectivity index (χ1v) is 5.03. The highest BCUT2D eigenvalue weighted by Gasteiger charge is 2.00. The molecular weight excluding hydrogens is 202 g/mol. The standard InChI is InChI=1S/C12H13N3O/c1-15-8-10(3-5-12(15)16)11-4-2-9(6-13)7-14-11/h2-5,7-8H,6,13H2,1H3. The molecule has 0 spiro atoms. The Kier molecular flexibility index (Phi) is 2.83. The molecule has 2 N–H and O–H groups in total. The van der Waals surface area contributed by atoms with Crippen LogP contribution in [-0.2, 0) is 13.6 Å². The third-order valence-corrected chi connectivity index (χ3v) is 2.44. The molecule has 2 aromatic heterocycles.